The zero-order valence-electron chi connectivity index (χ0n) is 10.5. The summed E-state index contributed by atoms with van der Waals surface area (Å²) >= 11 is 0. The second kappa shape index (κ2) is 4.35. The summed E-state index contributed by atoms with van der Waals surface area (Å²) < 4.78 is 0. The second-order valence-corrected chi connectivity index (χ2v) is 4.77. The van der Waals surface area contributed by atoms with Gasteiger partial charge in [0, 0.05) is 18.3 Å². The molecule has 17 heavy (non-hydrogen) atoms. The first-order valence-electron chi connectivity index (χ1n) is 5.99. The minimum atomic E-state index is -0.885. The van der Waals surface area contributed by atoms with Gasteiger partial charge in [0.1, 0.15) is 11.4 Å². The van der Waals surface area contributed by atoms with Crippen molar-refractivity contribution in [2.75, 3.05) is 11.4 Å². The predicted octanol–water partition coefficient (Wildman–Crippen LogP) is 2.39. The van der Waals surface area contributed by atoms with Gasteiger partial charge < -0.3 is 10.0 Å². The van der Waals surface area contributed by atoms with Gasteiger partial charge in [-0.25, -0.2) is 9.78 Å². The molecule has 0 aromatic carbocycles. The predicted molar refractivity (Wildman–Crippen MR) is 66.7 cm³/mol. The molecule has 4 heteroatoms. The van der Waals surface area contributed by atoms with Crippen molar-refractivity contribution in [3.63, 3.8) is 0 Å². The molecule has 1 aliphatic rings. The minimum Gasteiger partial charge on any atom is -0.478 e. The summed E-state index contributed by atoms with van der Waals surface area (Å²) in [4.78, 5) is 17.9. The Kier molecular flexibility index (Phi) is 3.05. The largest absolute Gasteiger partial charge is 0.478 e. The monoisotopic (exact) mass is 234 g/mol. The molecule has 1 fully saturated rings. The van der Waals surface area contributed by atoms with E-state index in [1.165, 1.54) is 0 Å². The molecule has 1 aromatic rings. The van der Waals surface area contributed by atoms with Crippen LogP contribution in [0, 0.1) is 13.8 Å². The lowest BCUT2D eigenvalue weighted by Crippen LogP contribution is -2.29. The van der Waals surface area contributed by atoms with E-state index in [1.807, 2.05) is 19.9 Å². The molecule has 0 amide bonds. The number of rotatable bonds is 2. The van der Waals surface area contributed by atoms with Crippen molar-refractivity contribution in [3.8, 4) is 0 Å². The van der Waals surface area contributed by atoms with E-state index in [1.54, 1.807) is 0 Å². The molecule has 1 N–H and O–H groups in total. The normalized spacial score (nSPS) is 19.7. The molecular weight excluding hydrogens is 216 g/mol. The molecule has 4 nitrogen and oxygen atoms in total. The Bertz CT molecular complexity index is 457. The van der Waals surface area contributed by atoms with Crippen LogP contribution in [0.2, 0.25) is 0 Å². The average molecular weight is 234 g/mol. The summed E-state index contributed by atoms with van der Waals surface area (Å²) in [6, 6.07) is 2.20. The third-order valence-corrected chi connectivity index (χ3v) is 3.36. The van der Waals surface area contributed by atoms with E-state index in [4.69, 9.17) is 0 Å². The number of carbonyl (C=O) groups is 1. The summed E-state index contributed by atoms with van der Waals surface area (Å²) in [5.74, 6) is -0.246. The Morgan fingerprint density at radius 2 is 2.24 bits per heavy atom. The fourth-order valence-electron chi connectivity index (χ4n) is 2.54. The molecule has 92 valence electrons. The van der Waals surface area contributed by atoms with Gasteiger partial charge in [-0.15, -0.1) is 0 Å². The van der Waals surface area contributed by atoms with Crippen molar-refractivity contribution in [1.29, 1.82) is 0 Å². The number of hydrogen-bond acceptors (Lipinski definition) is 3. The van der Waals surface area contributed by atoms with Crippen LogP contribution < -0.4 is 4.90 Å². The SMILES string of the molecule is Cc1cc(C)c(C(=O)O)c(N2CCCC2C)n1. The van der Waals surface area contributed by atoms with Crippen molar-refractivity contribution in [3.05, 3.63) is 22.9 Å². The van der Waals surface area contributed by atoms with E-state index in [9.17, 15) is 9.90 Å². The third-order valence-electron chi connectivity index (χ3n) is 3.36. The maximum Gasteiger partial charge on any atom is 0.339 e. The van der Waals surface area contributed by atoms with Gasteiger partial charge in [-0.1, -0.05) is 0 Å². The number of carboxylic acid groups (broad SMARTS) is 1. The summed E-state index contributed by atoms with van der Waals surface area (Å²) in [7, 11) is 0. The number of pyridine rings is 1. The molecular formula is C13H18N2O2. The van der Waals surface area contributed by atoms with Crippen LogP contribution >= 0.6 is 0 Å². The average Bonchev–Trinajstić information content (AvgIpc) is 2.62. The Labute approximate surface area is 101 Å². The molecule has 1 saturated heterocycles. The summed E-state index contributed by atoms with van der Waals surface area (Å²) in [5, 5.41) is 9.32. The molecule has 0 saturated carbocycles. The Morgan fingerprint density at radius 1 is 1.53 bits per heavy atom. The van der Waals surface area contributed by atoms with Crippen molar-refractivity contribution in [1.82, 2.24) is 4.98 Å². The van der Waals surface area contributed by atoms with E-state index in [2.05, 4.69) is 16.8 Å². The molecule has 1 atom stereocenters. The summed E-state index contributed by atoms with van der Waals surface area (Å²) in [6.07, 6.45) is 2.21. The van der Waals surface area contributed by atoms with Crippen LogP contribution in [-0.2, 0) is 0 Å². The van der Waals surface area contributed by atoms with E-state index in [-0.39, 0.29) is 0 Å². The molecule has 0 spiro atoms. The Hall–Kier alpha value is -1.58. The minimum absolute atomic E-state index is 0.351. The smallest absolute Gasteiger partial charge is 0.339 e. The van der Waals surface area contributed by atoms with Crippen LogP contribution in [0.25, 0.3) is 0 Å². The van der Waals surface area contributed by atoms with Crippen LogP contribution in [0.3, 0.4) is 0 Å². The molecule has 1 unspecified atom stereocenters. The lowest BCUT2D eigenvalue weighted by molar-refractivity contribution is 0.0696. The standard InChI is InChI=1S/C13H18N2O2/c1-8-7-9(2)14-12(11(8)13(16)17)15-6-4-5-10(15)3/h7,10H,4-6H2,1-3H3,(H,16,17). The highest BCUT2D eigenvalue weighted by molar-refractivity contribution is 5.95. The summed E-state index contributed by atoms with van der Waals surface area (Å²) in [6.45, 7) is 6.76. The van der Waals surface area contributed by atoms with Gasteiger partial charge in [0.25, 0.3) is 0 Å². The van der Waals surface area contributed by atoms with Crippen LogP contribution in [0.5, 0.6) is 0 Å². The molecule has 0 aliphatic carbocycles. The van der Waals surface area contributed by atoms with Crippen LogP contribution in [-0.4, -0.2) is 28.6 Å². The molecule has 2 rings (SSSR count). The quantitative estimate of drug-likeness (QED) is 0.853. The van der Waals surface area contributed by atoms with Crippen molar-refractivity contribution < 1.29 is 9.90 Å². The van der Waals surface area contributed by atoms with Crippen LogP contribution in [0.1, 0.15) is 41.4 Å². The van der Waals surface area contributed by atoms with Crippen molar-refractivity contribution in [2.24, 2.45) is 0 Å². The topological polar surface area (TPSA) is 53.4 Å². The first-order valence-corrected chi connectivity index (χ1v) is 5.99. The summed E-state index contributed by atoms with van der Waals surface area (Å²) in [5.41, 5.74) is 2.02. The number of anilines is 1. The first kappa shape index (κ1) is 11.9. The molecule has 0 radical (unpaired) electrons. The van der Waals surface area contributed by atoms with Gasteiger partial charge in [0.15, 0.2) is 0 Å². The lowest BCUT2D eigenvalue weighted by atomic mass is 10.1. The molecule has 2 heterocycles. The van der Waals surface area contributed by atoms with E-state index in [0.29, 0.717) is 17.4 Å². The number of aromatic carboxylic acids is 1. The number of nitrogens with zero attached hydrogens (tertiary/aromatic N) is 2. The second-order valence-electron chi connectivity index (χ2n) is 4.77. The highest BCUT2D eigenvalue weighted by Crippen LogP contribution is 2.29. The highest BCUT2D eigenvalue weighted by Gasteiger charge is 2.27. The zero-order valence-corrected chi connectivity index (χ0v) is 10.5. The number of hydrogen-bond donors (Lipinski definition) is 1. The van der Waals surface area contributed by atoms with Gasteiger partial charge in [-0.05, 0) is 45.2 Å². The van der Waals surface area contributed by atoms with Gasteiger partial charge in [0.05, 0.1) is 0 Å². The van der Waals surface area contributed by atoms with Crippen LogP contribution in [0.4, 0.5) is 5.82 Å². The lowest BCUT2D eigenvalue weighted by Gasteiger charge is -2.25. The Balaban J connectivity index is 2.54. The van der Waals surface area contributed by atoms with Gasteiger partial charge >= 0.3 is 5.97 Å². The van der Waals surface area contributed by atoms with Crippen molar-refractivity contribution >= 4 is 11.8 Å². The van der Waals surface area contributed by atoms with Gasteiger partial charge in [0.2, 0.25) is 0 Å². The zero-order chi connectivity index (χ0) is 12.6. The highest BCUT2D eigenvalue weighted by atomic mass is 16.4. The molecule has 0 bridgehead atoms. The fraction of sp³-hybridized carbons (Fsp3) is 0.538. The number of aromatic nitrogens is 1. The van der Waals surface area contributed by atoms with E-state index >= 15 is 0 Å². The van der Waals surface area contributed by atoms with E-state index < -0.39 is 5.97 Å². The molecule has 1 aliphatic heterocycles. The Morgan fingerprint density at radius 3 is 2.76 bits per heavy atom. The fourth-order valence-corrected chi connectivity index (χ4v) is 2.54. The van der Waals surface area contributed by atoms with E-state index in [0.717, 1.165) is 30.6 Å². The van der Waals surface area contributed by atoms with Gasteiger partial charge in [-0.2, -0.15) is 0 Å². The third kappa shape index (κ3) is 2.12. The maximum absolute atomic E-state index is 11.4. The van der Waals surface area contributed by atoms with Crippen molar-refractivity contribution in [2.45, 2.75) is 39.7 Å². The number of carboxylic acids is 1. The molecule has 1 aromatic heterocycles. The number of aryl methyl sites for hydroxylation is 2. The maximum atomic E-state index is 11.4. The van der Waals surface area contributed by atoms with Crippen LogP contribution in [0.15, 0.2) is 6.07 Å². The first-order chi connectivity index (χ1) is 8.00. The van der Waals surface area contributed by atoms with Gasteiger partial charge in [-0.3, -0.25) is 0 Å².